The Hall–Kier alpha value is -2.25. The molecular weight excluding hydrogens is 198 g/mol. The first-order valence-electron chi connectivity index (χ1n) is 4.30. The summed E-state index contributed by atoms with van der Waals surface area (Å²) in [5.74, 6) is -0.150. The molecule has 2 aromatic heterocycles. The molecule has 0 bridgehead atoms. The zero-order valence-electron chi connectivity index (χ0n) is 7.79. The van der Waals surface area contributed by atoms with Crippen LogP contribution in [0.1, 0.15) is 5.56 Å². The van der Waals surface area contributed by atoms with Crippen LogP contribution in [0.15, 0.2) is 18.7 Å². The van der Waals surface area contributed by atoms with Crippen molar-refractivity contribution in [2.45, 2.75) is 13.1 Å². The number of aromatic nitrogens is 6. The minimum atomic E-state index is -0.150. The molecule has 2 aromatic rings. The fourth-order valence-corrected chi connectivity index (χ4v) is 1.03. The van der Waals surface area contributed by atoms with Gasteiger partial charge in [-0.2, -0.15) is 5.10 Å². The third kappa shape index (κ3) is 2.59. The molecule has 0 atom stereocenters. The van der Waals surface area contributed by atoms with Gasteiger partial charge in [-0.3, -0.25) is 9.89 Å². The van der Waals surface area contributed by atoms with Gasteiger partial charge in [-0.15, -0.1) is 5.10 Å². The summed E-state index contributed by atoms with van der Waals surface area (Å²) in [6, 6.07) is 0. The molecule has 0 saturated carbocycles. The molecule has 0 aliphatic carbocycles. The van der Waals surface area contributed by atoms with Crippen LogP contribution < -0.4 is 5.32 Å². The van der Waals surface area contributed by atoms with Gasteiger partial charge in [-0.1, -0.05) is 0 Å². The fourth-order valence-electron chi connectivity index (χ4n) is 1.03. The standard InChI is InChI=1S/C7H9N7O/c15-7(4-14-5-11-12-13-14)8-1-6-2-9-10-3-6/h2-3,5H,1,4H2,(H,8,15)(H,9,10). The van der Waals surface area contributed by atoms with Crippen molar-refractivity contribution in [3.8, 4) is 0 Å². The van der Waals surface area contributed by atoms with E-state index < -0.39 is 0 Å². The summed E-state index contributed by atoms with van der Waals surface area (Å²) in [5, 5.41) is 19.6. The maximum atomic E-state index is 11.3. The first kappa shape index (κ1) is 9.31. The van der Waals surface area contributed by atoms with Crippen molar-refractivity contribution in [1.29, 1.82) is 0 Å². The van der Waals surface area contributed by atoms with Gasteiger partial charge < -0.3 is 5.32 Å². The van der Waals surface area contributed by atoms with E-state index >= 15 is 0 Å². The molecule has 8 heteroatoms. The molecule has 0 unspecified atom stereocenters. The second-order valence-corrected chi connectivity index (χ2v) is 2.89. The Morgan fingerprint density at radius 1 is 1.60 bits per heavy atom. The summed E-state index contributed by atoms with van der Waals surface area (Å²) in [6.07, 6.45) is 4.76. The molecular formula is C7H9N7O. The average Bonchev–Trinajstić information content (AvgIpc) is 2.86. The highest BCUT2D eigenvalue weighted by molar-refractivity contribution is 5.75. The van der Waals surface area contributed by atoms with Crippen LogP contribution in [0.2, 0.25) is 0 Å². The highest BCUT2D eigenvalue weighted by atomic mass is 16.2. The molecule has 0 aliphatic heterocycles. The Morgan fingerprint density at radius 2 is 2.53 bits per heavy atom. The van der Waals surface area contributed by atoms with Gasteiger partial charge in [0.05, 0.1) is 6.20 Å². The average molecular weight is 207 g/mol. The largest absolute Gasteiger partial charge is 0.350 e. The first-order chi connectivity index (χ1) is 7.34. The summed E-state index contributed by atoms with van der Waals surface area (Å²) in [4.78, 5) is 11.3. The lowest BCUT2D eigenvalue weighted by Crippen LogP contribution is -2.27. The Kier molecular flexibility index (Phi) is 2.68. The third-order valence-corrected chi connectivity index (χ3v) is 1.74. The summed E-state index contributed by atoms with van der Waals surface area (Å²) in [5.41, 5.74) is 0.917. The molecule has 2 N–H and O–H groups in total. The summed E-state index contributed by atoms with van der Waals surface area (Å²) in [7, 11) is 0. The number of amides is 1. The number of rotatable bonds is 4. The quantitative estimate of drug-likeness (QED) is 0.649. The predicted molar refractivity (Wildman–Crippen MR) is 48.3 cm³/mol. The summed E-state index contributed by atoms with van der Waals surface area (Å²) in [6.45, 7) is 0.558. The number of carbonyl (C=O) groups is 1. The van der Waals surface area contributed by atoms with E-state index in [-0.39, 0.29) is 12.5 Å². The monoisotopic (exact) mass is 207 g/mol. The molecule has 0 spiro atoms. The van der Waals surface area contributed by atoms with Crippen molar-refractivity contribution in [3.05, 3.63) is 24.3 Å². The van der Waals surface area contributed by atoms with Gasteiger partial charge in [-0.25, -0.2) is 4.68 Å². The number of aromatic amines is 1. The van der Waals surface area contributed by atoms with Crippen molar-refractivity contribution in [2.75, 3.05) is 0 Å². The van der Waals surface area contributed by atoms with Crippen LogP contribution >= 0.6 is 0 Å². The first-order valence-corrected chi connectivity index (χ1v) is 4.30. The number of hydrogen-bond donors (Lipinski definition) is 2. The number of H-pyrrole nitrogens is 1. The van der Waals surface area contributed by atoms with E-state index in [0.29, 0.717) is 6.54 Å². The Balaban J connectivity index is 1.78. The maximum absolute atomic E-state index is 11.3. The van der Waals surface area contributed by atoms with E-state index in [0.717, 1.165) is 5.56 Å². The van der Waals surface area contributed by atoms with E-state index in [4.69, 9.17) is 0 Å². The van der Waals surface area contributed by atoms with Crippen LogP contribution in [-0.4, -0.2) is 36.3 Å². The van der Waals surface area contributed by atoms with Crippen molar-refractivity contribution < 1.29 is 4.79 Å². The minimum absolute atomic E-state index is 0.116. The lowest BCUT2D eigenvalue weighted by Gasteiger charge is -2.01. The van der Waals surface area contributed by atoms with Crippen LogP contribution in [0.3, 0.4) is 0 Å². The second kappa shape index (κ2) is 4.31. The highest BCUT2D eigenvalue weighted by Gasteiger charge is 2.03. The molecule has 15 heavy (non-hydrogen) atoms. The molecule has 2 rings (SSSR count). The molecule has 8 nitrogen and oxygen atoms in total. The molecule has 1 amide bonds. The Labute approximate surface area is 84.7 Å². The van der Waals surface area contributed by atoms with E-state index in [1.165, 1.54) is 11.0 Å². The van der Waals surface area contributed by atoms with Gasteiger partial charge in [0.2, 0.25) is 5.91 Å². The second-order valence-electron chi connectivity index (χ2n) is 2.89. The van der Waals surface area contributed by atoms with Crippen LogP contribution in [0.5, 0.6) is 0 Å². The predicted octanol–water partition coefficient (Wildman–Crippen LogP) is -1.29. The lowest BCUT2D eigenvalue weighted by molar-refractivity contribution is -0.122. The molecule has 0 fully saturated rings. The van der Waals surface area contributed by atoms with Gasteiger partial charge in [0.25, 0.3) is 0 Å². The van der Waals surface area contributed by atoms with Gasteiger partial charge in [0, 0.05) is 18.3 Å². The number of hydrogen-bond acceptors (Lipinski definition) is 5. The van der Waals surface area contributed by atoms with Crippen molar-refractivity contribution in [2.24, 2.45) is 0 Å². The van der Waals surface area contributed by atoms with E-state index in [2.05, 4.69) is 31.0 Å². The lowest BCUT2D eigenvalue weighted by atomic mass is 10.3. The van der Waals surface area contributed by atoms with Gasteiger partial charge >= 0.3 is 0 Å². The maximum Gasteiger partial charge on any atom is 0.242 e. The minimum Gasteiger partial charge on any atom is -0.350 e. The van der Waals surface area contributed by atoms with Crippen molar-refractivity contribution in [1.82, 2.24) is 35.7 Å². The van der Waals surface area contributed by atoms with E-state index in [1.807, 2.05) is 0 Å². The zero-order valence-corrected chi connectivity index (χ0v) is 7.79. The van der Waals surface area contributed by atoms with Crippen LogP contribution in [0.4, 0.5) is 0 Å². The van der Waals surface area contributed by atoms with Gasteiger partial charge in [-0.05, 0) is 10.4 Å². The zero-order chi connectivity index (χ0) is 10.5. The van der Waals surface area contributed by atoms with E-state index in [9.17, 15) is 4.79 Å². The molecule has 0 saturated heterocycles. The fraction of sp³-hybridized carbons (Fsp3) is 0.286. The third-order valence-electron chi connectivity index (χ3n) is 1.74. The Morgan fingerprint density at radius 3 is 3.20 bits per heavy atom. The molecule has 78 valence electrons. The van der Waals surface area contributed by atoms with Crippen LogP contribution in [0, 0.1) is 0 Å². The molecule has 2 heterocycles. The number of tetrazole rings is 1. The van der Waals surface area contributed by atoms with Gasteiger partial charge in [0.1, 0.15) is 12.9 Å². The Bertz CT molecular complexity index is 406. The number of carbonyl (C=O) groups excluding carboxylic acids is 1. The SMILES string of the molecule is O=C(Cn1cnnn1)NCc1cn[nH]c1. The highest BCUT2D eigenvalue weighted by Crippen LogP contribution is 1.91. The van der Waals surface area contributed by atoms with Crippen molar-refractivity contribution in [3.63, 3.8) is 0 Å². The summed E-state index contributed by atoms with van der Waals surface area (Å²) >= 11 is 0. The van der Waals surface area contributed by atoms with E-state index in [1.54, 1.807) is 12.4 Å². The smallest absolute Gasteiger partial charge is 0.242 e. The van der Waals surface area contributed by atoms with Gasteiger partial charge in [0.15, 0.2) is 0 Å². The summed E-state index contributed by atoms with van der Waals surface area (Å²) < 4.78 is 1.35. The normalized spacial score (nSPS) is 10.1. The van der Waals surface area contributed by atoms with Crippen molar-refractivity contribution >= 4 is 5.91 Å². The topological polar surface area (TPSA) is 101 Å². The molecule has 0 aromatic carbocycles. The van der Waals surface area contributed by atoms with Crippen LogP contribution in [-0.2, 0) is 17.9 Å². The molecule has 0 aliphatic rings. The number of nitrogens with zero attached hydrogens (tertiary/aromatic N) is 5. The van der Waals surface area contributed by atoms with Crippen LogP contribution in [0.25, 0.3) is 0 Å². The molecule has 0 radical (unpaired) electrons. The number of nitrogens with one attached hydrogen (secondary N) is 2.